The standard InChI is InChI=1S/C13H19NO4S/c1-10-3-4-12(17-2)13(9-10)19(15,16)14-11-5-7-18-8-6-11/h3-4,9,11,14H,5-8H2,1-2H3. The second-order valence-corrected chi connectivity index (χ2v) is 6.34. The molecule has 19 heavy (non-hydrogen) atoms. The molecule has 5 nitrogen and oxygen atoms in total. The van der Waals surface area contributed by atoms with Gasteiger partial charge in [-0.2, -0.15) is 0 Å². The molecule has 1 N–H and O–H groups in total. The Morgan fingerprint density at radius 2 is 2.00 bits per heavy atom. The van der Waals surface area contributed by atoms with E-state index in [-0.39, 0.29) is 10.9 Å². The van der Waals surface area contributed by atoms with Crippen LogP contribution in [-0.2, 0) is 14.8 Å². The van der Waals surface area contributed by atoms with Crippen LogP contribution in [0.4, 0.5) is 0 Å². The van der Waals surface area contributed by atoms with Gasteiger partial charge in [-0.3, -0.25) is 0 Å². The van der Waals surface area contributed by atoms with Crippen LogP contribution in [0.25, 0.3) is 0 Å². The summed E-state index contributed by atoms with van der Waals surface area (Å²) in [4.78, 5) is 0.196. The summed E-state index contributed by atoms with van der Waals surface area (Å²) in [6.45, 7) is 3.04. The van der Waals surface area contributed by atoms with Crippen molar-refractivity contribution in [3.63, 3.8) is 0 Å². The predicted molar refractivity (Wildman–Crippen MR) is 71.9 cm³/mol. The van der Waals surface area contributed by atoms with E-state index in [2.05, 4.69) is 4.72 Å². The maximum Gasteiger partial charge on any atom is 0.244 e. The van der Waals surface area contributed by atoms with Gasteiger partial charge in [-0.1, -0.05) is 6.07 Å². The topological polar surface area (TPSA) is 64.6 Å². The maximum absolute atomic E-state index is 12.4. The molecule has 1 saturated heterocycles. The zero-order valence-corrected chi connectivity index (χ0v) is 12.0. The van der Waals surface area contributed by atoms with Gasteiger partial charge in [0.05, 0.1) is 7.11 Å². The van der Waals surface area contributed by atoms with Crippen molar-refractivity contribution >= 4 is 10.0 Å². The van der Waals surface area contributed by atoms with Crippen molar-refractivity contribution in [1.82, 2.24) is 4.72 Å². The minimum absolute atomic E-state index is 0.0658. The smallest absolute Gasteiger partial charge is 0.244 e. The third-order valence-corrected chi connectivity index (χ3v) is 4.69. The normalized spacial score (nSPS) is 17.4. The first-order valence-electron chi connectivity index (χ1n) is 6.27. The minimum atomic E-state index is -3.56. The second-order valence-electron chi connectivity index (χ2n) is 4.66. The number of rotatable bonds is 4. The minimum Gasteiger partial charge on any atom is -0.495 e. The molecule has 0 aliphatic carbocycles. The maximum atomic E-state index is 12.4. The van der Waals surface area contributed by atoms with Gasteiger partial charge in [0.25, 0.3) is 0 Å². The van der Waals surface area contributed by atoms with Crippen molar-refractivity contribution in [2.24, 2.45) is 0 Å². The number of nitrogens with one attached hydrogen (secondary N) is 1. The highest BCUT2D eigenvalue weighted by Gasteiger charge is 2.24. The molecule has 1 aromatic carbocycles. The lowest BCUT2D eigenvalue weighted by Gasteiger charge is -2.23. The Balaban J connectivity index is 2.25. The van der Waals surface area contributed by atoms with Crippen LogP contribution in [0.5, 0.6) is 5.75 Å². The van der Waals surface area contributed by atoms with Crippen molar-refractivity contribution in [2.45, 2.75) is 30.7 Å². The summed E-state index contributed by atoms with van der Waals surface area (Å²) in [5.41, 5.74) is 0.883. The molecule has 0 unspecified atom stereocenters. The molecule has 0 aromatic heterocycles. The number of ether oxygens (including phenoxy) is 2. The quantitative estimate of drug-likeness (QED) is 0.909. The van der Waals surface area contributed by atoms with Crippen LogP contribution < -0.4 is 9.46 Å². The number of sulfonamides is 1. The third-order valence-electron chi connectivity index (χ3n) is 3.15. The highest BCUT2D eigenvalue weighted by Crippen LogP contribution is 2.25. The first kappa shape index (κ1) is 14.3. The zero-order chi connectivity index (χ0) is 13.9. The Hall–Kier alpha value is -1.11. The van der Waals surface area contributed by atoms with E-state index in [4.69, 9.17) is 9.47 Å². The average molecular weight is 285 g/mol. The van der Waals surface area contributed by atoms with Gasteiger partial charge in [0.2, 0.25) is 10.0 Å². The Bertz CT molecular complexity index is 536. The molecular formula is C13H19NO4S. The van der Waals surface area contributed by atoms with Crippen LogP contribution in [0.15, 0.2) is 23.1 Å². The van der Waals surface area contributed by atoms with Crippen molar-refractivity contribution in [3.8, 4) is 5.75 Å². The van der Waals surface area contributed by atoms with Crippen LogP contribution in [0.2, 0.25) is 0 Å². The molecule has 0 atom stereocenters. The lowest BCUT2D eigenvalue weighted by Crippen LogP contribution is -2.38. The van der Waals surface area contributed by atoms with Gasteiger partial charge < -0.3 is 9.47 Å². The van der Waals surface area contributed by atoms with Gasteiger partial charge in [-0.25, -0.2) is 13.1 Å². The van der Waals surface area contributed by atoms with Gasteiger partial charge >= 0.3 is 0 Å². The molecule has 1 aliphatic rings. The molecule has 0 spiro atoms. The number of hydrogen-bond donors (Lipinski definition) is 1. The lowest BCUT2D eigenvalue weighted by molar-refractivity contribution is 0.0832. The van der Waals surface area contributed by atoms with Gasteiger partial charge in [-0.05, 0) is 37.5 Å². The number of aryl methyl sites for hydroxylation is 1. The highest BCUT2D eigenvalue weighted by atomic mass is 32.2. The van der Waals surface area contributed by atoms with Gasteiger partial charge in [0.15, 0.2) is 0 Å². The Labute approximate surface area is 114 Å². The molecule has 0 radical (unpaired) electrons. The Morgan fingerprint density at radius 1 is 1.32 bits per heavy atom. The van der Waals surface area contributed by atoms with Crippen LogP contribution in [0.1, 0.15) is 18.4 Å². The molecule has 2 rings (SSSR count). The fourth-order valence-electron chi connectivity index (χ4n) is 2.09. The van der Waals surface area contributed by atoms with Gasteiger partial charge in [0.1, 0.15) is 10.6 Å². The zero-order valence-electron chi connectivity index (χ0n) is 11.2. The lowest BCUT2D eigenvalue weighted by atomic mass is 10.1. The highest BCUT2D eigenvalue weighted by molar-refractivity contribution is 7.89. The van der Waals surface area contributed by atoms with Crippen molar-refractivity contribution in [2.75, 3.05) is 20.3 Å². The molecular weight excluding hydrogens is 266 g/mol. The first-order chi connectivity index (χ1) is 9.03. The largest absolute Gasteiger partial charge is 0.495 e. The van der Waals surface area contributed by atoms with Crippen LogP contribution in [0, 0.1) is 6.92 Å². The van der Waals surface area contributed by atoms with Crippen LogP contribution in [0.3, 0.4) is 0 Å². The Kier molecular flexibility index (Phi) is 4.44. The first-order valence-corrected chi connectivity index (χ1v) is 7.76. The summed E-state index contributed by atoms with van der Waals surface area (Å²) >= 11 is 0. The summed E-state index contributed by atoms with van der Waals surface area (Å²) in [6, 6.07) is 5.06. The van der Waals surface area contributed by atoms with E-state index in [1.54, 1.807) is 12.1 Å². The van der Waals surface area contributed by atoms with E-state index in [0.717, 1.165) is 5.56 Å². The molecule has 1 fully saturated rings. The number of hydrogen-bond acceptors (Lipinski definition) is 4. The molecule has 0 amide bonds. The summed E-state index contributed by atoms with van der Waals surface area (Å²) in [5.74, 6) is 0.366. The predicted octanol–water partition coefficient (Wildman–Crippen LogP) is 1.46. The van der Waals surface area contributed by atoms with Gasteiger partial charge in [0, 0.05) is 19.3 Å². The van der Waals surface area contributed by atoms with Crippen molar-refractivity contribution in [1.29, 1.82) is 0 Å². The third kappa shape index (κ3) is 3.46. The SMILES string of the molecule is COc1ccc(C)cc1S(=O)(=O)NC1CCOCC1. The molecule has 106 valence electrons. The Morgan fingerprint density at radius 3 is 2.63 bits per heavy atom. The second kappa shape index (κ2) is 5.90. The summed E-state index contributed by atoms with van der Waals surface area (Å²) < 4.78 is 37.9. The fraction of sp³-hybridized carbons (Fsp3) is 0.538. The van der Waals surface area contributed by atoms with E-state index in [1.165, 1.54) is 7.11 Å². The molecule has 6 heteroatoms. The average Bonchev–Trinajstić information content (AvgIpc) is 2.39. The molecule has 1 aromatic rings. The summed E-state index contributed by atoms with van der Waals surface area (Å²) in [7, 11) is -2.09. The van der Waals surface area contributed by atoms with E-state index >= 15 is 0 Å². The van der Waals surface area contributed by atoms with Crippen LogP contribution in [-0.4, -0.2) is 34.8 Å². The number of benzene rings is 1. The summed E-state index contributed by atoms with van der Waals surface area (Å²) in [6.07, 6.45) is 1.40. The van der Waals surface area contributed by atoms with E-state index in [0.29, 0.717) is 31.8 Å². The molecule has 0 bridgehead atoms. The van der Waals surface area contributed by atoms with E-state index < -0.39 is 10.0 Å². The van der Waals surface area contributed by atoms with E-state index in [1.807, 2.05) is 13.0 Å². The van der Waals surface area contributed by atoms with Gasteiger partial charge in [-0.15, -0.1) is 0 Å². The molecule has 1 aliphatic heterocycles. The van der Waals surface area contributed by atoms with E-state index in [9.17, 15) is 8.42 Å². The molecule has 0 saturated carbocycles. The van der Waals surface area contributed by atoms with Crippen molar-refractivity contribution < 1.29 is 17.9 Å². The molecule has 1 heterocycles. The number of methoxy groups -OCH3 is 1. The summed E-state index contributed by atoms with van der Waals surface area (Å²) in [5, 5.41) is 0. The monoisotopic (exact) mass is 285 g/mol. The van der Waals surface area contributed by atoms with Crippen molar-refractivity contribution in [3.05, 3.63) is 23.8 Å². The fourth-order valence-corrected chi connectivity index (χ4v) is 3.65. The van der Waals surface area contributed by atoms with Crippen LogP contribution >= 0.6 is 0 Å².